The summed E-state index contributed by atoms with van der Waals surface area (Å²) in [4.78, 5) is 39.5. The molecule has 0 unspecified atom stereocenters. The van der Waals surface area contributed by atoms with Crippen LogP contribution in [0.15, 0.2) is 83.5 Å². The normalized spacial score (nSPS) is 13.7. The summed E-state index contributed by atoms with van der Waals surface area (Å²) in [6.45, 7) is 8.51. The largest absolute Gasteiger partial charge is 0.494 e. The second-order valence-corrected chi connectivity index (χ2v) is 9.78. The van der Waals surface area contributed by atoms with Crippen molar-refractivity contribution in [1.29, 1.82) is 0 Å². The quantitative estimate of drug-likeness (QED) is 0.233. The van der Waals surface area contributed by atoms with Gasteiger partial charge in [-0.15, -0.1) is 0 Å². The van der Waals surface area contributed by atoms with Crippen molar-refractivity contribution in [2.45, 2.75) is 33.1 Å². The van der Waals surface area contributed by atoms with Crippen LogP contribution in [0.3, 0.4) is 0 Å². The molecule has 0 atom stereocenters. The predicted molar refractivity (Wildman–Crippen MR) is 143 cm³/mol. The molecule has 1 N–H and O–H groups in total. The van der Waals surface area contributed by atoms with Gasteiger partial charge in [-0.1, -0.05) is 50.6 Å². The third-order valence-corrected chi connectivity index (χ3v) is 6.07. The number of nitrogens with zero attached hydrogens (tertiary/aromatic N) is 1. The van der Waals surface area contributed by atoms with Crippen LogP contribution in [-0.2, 0) is 15.0 Å². The summed E-state index contributed by atoms with van der Waals surface area (Å²) in [6, 6.07) is 20.4. The first-order valence-corrected chi connectivity index (χ1v) is 12.2. The molecule has 0 fully saturated rings. The van der Waals surface area contributed by atoms with Crippen LogP contribution in [0.5, 0.6) is 11.5 Å². The van der Waals surface area contributed by atoms with Gasteiger partial charge >= 0.3 is 5.97 Å². The van der Waals surface area contributed by atoms with Crippen LogP contribution in [0.4, 0.5) is 11.4 Å². The van der Waals surface area contributed by atoms with Crippen LogP contribution in [0.1, 0.15) is 43.6 Å². The molecule has 1 aliphatic heterocycles. The molecule has 2 amide bonds. The van der Waals surface area contributed by atoms with Crippen molar-refractivity contribution in [2.75, 3.05) is 16.8 Å². The number of hydrogen-bond acceptors (Lipinski definition) is 6. The Morgan fingerprint density at radius 2 is 1.57 bits per heavy atom. The van der Waals surface area contributed by atoms with Crippen LogP contribution in [0, 0.1) is 0 Å². The van der Waals surface area contributed by atoms with Gasteiger partial charge in [0.2, 0.25) is 0 Å². The zero-order valence-electron chi connectivity index (χ0n) is 21.0. The third-order valence-electron chi connectivity index (χ3n) is 5.72. The smallest absolute Gasteiger partial charge is 0.343 e. The van der Waals surface area contributed by atoms with E-state index in [9.17, 15) is 14.4 Å². The molecule has 0 bridgehead atoms. The number of amides is 2. The first kappa shape index (κ1) is 26.0. The molecule has 190 valence electrons. The molecule has 1 heterocycles. The second-order valence-electron chi connectivity index (χ2n) is 9.40. The minimum Gasteiger partial charge on any atom is -0.494 e. The third kappa shape index (κ3) is 5.52. The molecule has 0 spiro atoms. The van der Waals surface area contributed by atoms with Gasteiger partial charge in [-0.05, 0) is 66.9 Å². The Morgan fingerprint density at radius 3 is 2.19 bits per heavy atom. The van der Waals surface area contributed by atoms with E-state index in [-0.39, 0.29) is 16.1 Å². The van der Waals surface area contributed by atoms with Gasteiger partial charge in [0.25, 0.3) is 11.8 Å². The van der Waals surface area contributed by atoms with E-state index >= 15 is 0 Å². The molecule has 1 aliphatic rings. The summed E-state index contributed by atoms with van der Waals surface area (Å²) in [5.41, 5.74) is 1.87. The molecular weight excluding hydrogens is 492 g/mol. The fourth-order valence-corrected chi connectivity index (χ4v) is 4.08. The van der Waals surface area contributed by atoms with Gasteiger partial charge < -0.3 is 14.8 Å². The summed E-state index contributed by atoms with van der Waals surface area (Å²) in [5, 5.41) is 2.68. The van der Waals surface area contributed by atoms with E-state index in [1.807, 2.05) is 45.9 Å². The molecule has 3 aromatic rings. The number of nitrogens with one attached hydrogen (secondary N) is 1. The van der Waals surface area contributed by atoms with E-state index in [0.717, 1.165) is 10.5 Å². The monoisotopic (exact) mass is 518 g/mol. The number of carbonyl (C=O) groups is 3. The number of hydrogen-bond donors (Lipinski definition) is 1. The lowest BCUT2D eigenvalue weighted by molar-refractivity contribution is -0.120. The summed E-state index contributed by atoms with van der Waals surface area (Å²) in [7, 11) is 0. The zero-order chi connectivity index (χ0) is 26.7. The Labute approximate surface area is 220 Å². The maximum absolute atomic E-state index is 13.0. The molecule has 3 aromatic carbocycles. The topological polar surface area (TPSA) is 84.9 Å². The molecule has 0 aliphatic carbocycles. The number of esters is 1. The summed E-state index contributed by atoms with van der Waals surface area (Å²) in [6.07, 6.45) is 0. The highest BCUT2D eigenvalue weighted by Crippen LogP contribution is 2.33. The number of ether oxygens (including phenoxy) is 2. The number of anilines is 2. The Hall–Kier alpha value is -4.10. The SMILES string of the molecule is CCOc1ccc(N2C(=O)C(Cl)=C(Nc3ccc(C(=O)Oc4ccccc4C(C)(C)C)cc3)C2=O)cc1. The summed E-state index contributed by atoms with van der Waals surface area (Å²) < 4.78 is 11.1. The Kier molecular flexibility index (Phi) is 7.36. The summed E-state index contributed by atoms with van der Waals surface area (Å²) in [5.74, 6) is -0.585. The minimum absolute atomic E-state index is 0.0463. The zero-order valence-corrected chi connectivity index (χ0v) is 21.8. The second kappa shape index (κ2) is 10.5. The molecule has 0 saturated carbocycles. The number of rotatable bonds is 7. The first-order chi connectivity index (χ1) is 17.6. The van der Waals surface area contributed by atoms with Gasteiger partial charge in [-0.2, -0.15) is 0 Å². The molecular formula is C29H27ClN2O5. The first-order valence-electron chi connectivity index (χ1n) is 11.8. The van der Waals surface area contributed by atoms with Crippen molar-refractivity contribution in [3.8, 4) is 11.5 Å². The molecule has 37 heavy (non-hydrogen) atoms. The predicted octanol–water partition coefficient (Wildman–Crippen LogP) is 6.04. The van der Waals surface area contributed by atoms with Crippen molar-refractivity contribution in [3.63, 3.8) is 0 Å². The highest BCUT2D eigenvalue weighted by molar-refractivity contribution is 6.53. The number of halogens is 1. The van der Waals surface area contributed by atoms with Gasteiger partial charge in [0, 0.05) is 11.3 Å². The molecule has 7 nitrogen and oxygen atoms in total. The average molecular weight is 519 g/mol. The Morgan fingerprint density at radius 1 is 0.919 bits per heavy atom. The maximum Gasteiger partial charge on any atom is 0.343 e. The van der Waals surface area contributed by atoms with Crippen molar-refractivity contribution in [2.24, 2.45) is 0 Å². The van der Waals surface area contributed by atoms with Gasteiger partial charge in [-0.3, -0.25) is 9.59 Å². The standard InChI is InChI=1S/C29H27ClN2O5/c1-5-36-21-16-14-20(15-17-21)32-26(33)24(30)25(27(32)34)31-19-12-10-18(11-13-19)28(35)37-23-9-7-6-8-22(23)29(2,3)4/h6-17,31H,5H2,1-4H3. The van der Waals surface area contributed by atoms with Crippen molar-refractivity contribution in [3.05, 3.63) is 94.7 Å². The van der Waals surface area contributed by atoms with E-state index in [2.05, 4.69) is 5.32 Å². The van der Waals surface area contributed by atoms with E-state index in [4.69, 9.17) is 21.1 Å². The van der Waals surface area contributed by atoms with Gasteiger partial charge in [0.05, 0.1) is 17.9 Å². The van der Waals surface area contributed by atoms with Gasteiger partial charge in [0.15, 0.2) is 0 Å². The molecule has 0 saturated heterocycles. The van der Waals surface area contributed by atoms with E-state index < -0.39 is 17.8 Å². The summed E-state index contributed by atoms with van der Waals surface area (Å²) >= 11 is 6.23. The lowest BCUT2D eigenvalue weighted by Gasteiger charge is -2.22. The number of imide groups is 1. The molecule has 8 heteroatoms. The van der Waals surface area contributed by atoms with Crippen LogP contribution in [0.25, 0.3) is 0 Å². The maximum atomic E-state index is 13.0. The minimum atomic E-state index is -0.629. The van der Waals surface area contributed by atoms with Crippen molar-refractivity contribution < 1.29 is 23.9 Å². The van der Waals surface area contributed by atoms with Crippen LogP contribution in [0.2, 0.25) is 0 Å². The lowest BCUT2D eigenvalue weighted by Crippen LogP contribution is -2.32. The highest BCUT2D eigenvalue weighted by Gasteiger charge is 2.39. The molecule has 0 radical (unpaired) electrons. The van der Waals surface area contributed by atoms with Crippen LogP contribution in [-0.4, -0.2) is 24.4 Å². The average Bonchev–Trinajstić information content (AvgIpc) is 3.08. The van der Waals surface area contributed by atoms with E-state index in [1.54, 1.807) is 54.6 Å². The molecule has 0 aromatic heterocycles. The number of para-hydroxylation sites is 1. The fraction of sp³-hybridized carbons (Fsp3) is 0.207. The van der Waals surface area contributed by atoms with E-state index in [0.29, 0.717) is 35.0 Å². The van der Waals surface area contributed by atoms with E-state index in [1.165, 1.54) is 0 Å². The Balaban J connectivity index is 1.47. The molecule has 4 rings (SSSR count). The van der Waals surface area contributed by atoms with Crippen molar-refractivity contribution in [1.82, 2.24) is 0 Å². The van der Waals surface area contributed by atoms with Gasteiger partial charge in [0.1, 0.15) is 22.2 Å². The number of benzene rings is 3. The van der Waals surface area contributed by atoms with Gasteiger partial charge in [-0.25, -0.2) is 9.69 Å². The van der Waals surface area contributed by atoms with Crippen LogP contribution < -0.4 is 19.7 Å². The fourth-order valence-electron chi connectivity index (χ4n) is 3.87. The Bertz CT molecular complexity index is 1370. The highest BCUT2D eigenvalue weighted by atomic mass is 35.5. The number of carbonyl (C=O) groups excluding carboxylic acids is 3. The lowest BCUT2D eigenvalue weighted by atomic mass is 9.86. The van der Waals surface area contributed by atoms with Crippen LogP contribution >= 0.6 is 11.6 Å². The van der Waals surface area contributed by atoms with Crippen molar-refractivity contribution >= 4 is 40.8 Å².